The number of hydrogen-bond acceptors (Lipinski definition) is 7. The molecule has 2 aromatic rings. The van der Waals surface area contributed by atoms with Gasteiger partial charge in [0.1, 0.15) is 11.6 Å². The largest absolute Gasteiger partial charge is 0.481 e. The van der Waals surface area contributed by atoms with Gasteiger partial charge in [0.15, 0.2) is 0 Å². The van der Waals surface area contributed by atoms with Gasteiger partial charge in [-0.05, 0) is 69.7 Å². The van der Waals surface area contributed by atoms with Crippen molar-refractivity contribution in [2.75, 3.05) is 25.5 Å². The zero-order valence-corrected chi connectivity index (χ0v) is 21.5. The van der Waals surface area contributed by atoms with Crippen LogP contribution >= 0.6 is 0 Å². The first-order valence-electron chi connectivity index (χ1n) is 13.1. The number of carbonyl (C=O) groups is 1. The maximum Gasteiger partial charge on any atom is 0.230 e. The fourth-order valence-corrected chi connectivity index (χ4v) is 5.74. The van der Waals surface area contributed by atoms with E-state index >= 15 is 0 Å². The molecule has 0 unspecified atom stereocenters. The van der Waals surface area contributed by atoms with E-state index in [1.807, 2.05) is 11.8 Å². The van der Waals surface area contributed by atoms with Crippen molar-refractivity contribution in [2.24, 2.45) is 5.92 Å². The van der Waals surface area contributed by atoms with E-state index in [4.69, 9.17) is 9.72 Å². The second-order valence-corrected chi connectivity index (χ2v) is 10.7. The summed E-state index contributed by atoms with van der Waals surface area (Å²) in [6, 6.07) is 3.74. The van der Waals surface area contributed by atoms with Gasteiger partial charge in [-0.15, -0.1) is 0 Å². The number of aromatic nitrogens is 2. The Balaban J connectivity index is 1.17. The Labute approximate surface area is 216 Å². The molecule has 0 aromatic carbocycles. The average Bonchev–Trinajstić information content (AvgIpc) is 3.69. The molecule has 9 heteroatoms. The van der Waals surface area contributed by atoms with Crippen LogP contribution in [-0.4, -0.2) is 46.5 Å². The summed E-state index contributed by atoms with van der Waals surface area (Å²) >= 11 is 0. The number of fused-ring (bicyclic) bond motifs is 1. The van der Waals surface area contributed by atoms with E-state index in [-0.39, 0.29) is 11.4 Å². The summed E-state index contributed by atoms with van der Waals surface area (Å²) in [6.45, 7) is 4.98. The molecule has 6 rings (SSSR count). The highest BCUT2D eigenvalue weighted by molar-refractivity contribution is 5.84. The molecule has 1 amide bonds. The van der Waals surface area contributed by atoms with Crippen LogP contribution in [0.4, 0.5) is 10.2 Å². The first kappa shape index (κ1) is 23.8. The topological polar surface area (TPSA) is 91.4 Å². The first-order chi connectivity index (χ1) is 17.9. The summed E-state index contributed by atoms with van der Waals surface area (Å²) in [6.07, 6.45) is 10.6. The molecule has 4 aliphatic rings. The third-order valence-electron chi connectivity index (χ3n) is 8.20. The van der Waals surface area contributed by atoms with Crippen molar-refractivity contribution in [1.82, 2.24) is 25.7 Å². The number of halogens is 1. The van der Waals surface area contributed by atoms with Crippen LogP contribution in [-0.2, 0) is 11.2 Å². The van der Waals surface area contributed by atoms with Crippen molar-refractivity contribution < 1.29 is 13.9 Å². The molecule has 3 aliphatic heterocycles. The van der Waals surface area contributed by atoms with Gasteiger partial charge >= 0.3 is 0 Å². The molecular weight excluding hydrogens is 471 g/mol. The van der Waals surface area contributed by atoms with E-state index in [1.165, 1.54) is 37.3 Å². The van der Waals surface area contributed by atoms with E-state index < -0.39 is 11.7 Å². The van der Waals surface area contributed by atoms with E-state index in [0.717, 1.165) is 48.2 Å². The van der Waals surface area contributed by atoms with Crippen LogP contribution in [0.15, 0.2) is 36.2 Å². The maximum atomic E-state index is 14.5. The minimum Gasteiger partial charge on any atom is -0.481 e. The van der Waals surface area contributed by atoms with Gasteiger partial charge in [-0.1, -0.05) is 0 Å². The molecule has 8 nitrogen and oxygen atoms in total. The van der Waals surface area contributed by atoms with Crippen molar-refractivity contribution in [3.8, 4) is 5.88 Å². The van der Waals surface area contributed by atoms with Gasteiger partial charge in [0.25, 0.3) is 0 Å². The Hall–Kier alpha value is -3.62. The molecule has 2 atom stereocenters. The lowest BCUT2D eigenvalue weighted by atomic mass is 9.86. The maximum absolute atomic E-state index is 14.5. The number of ether oxygens (including phenoxy) is 1. The molecule has 1 saturated heterocycles. The summed E-state index contributed by atoms with van der Waals surface area (Å²) in [4.78, 5) is 24.0. The molecule has 1 aliphatic carbocycles. The molecule has 2 fully saturated rings. The molecule has 5 heterocycles. The van der Waals surface area contributed by atoms with Gasteiger partial charge < -0.3 is 25.8 Å². The second kappa shape index (κ2) is 9.04. The number of likely N-dealkylation sites (tertiary alicyclic amines) is 1. The number of aryl methyl sites for hydroxylation is 2. The van der Waals surface area contributed by atoms with Crippen molar-refractivity contribution in [2.45, 2.75) is 57.4 Å². The number of nitrogens with zero attached hydrogens (tertiary/aromatic N) is 3. The lowest BCUT2D eigenvalue weighted by Crippen LogP contribution is -2.46. The summed E-state index contributed by atoms with van der Waals surface area (Å²) in [7, 11) is 1.48. The number of carbonyl (C=O) groups excluding carboxylic acids is 1. The summed E-state index contributed by atoms with van der Waals surface area (Å²) in [5.41, 5.74) is 12.3. The lowest BCUT2D eigenvalue weighted by Gasteiger charge is -2.37. The van der Waals surface area contributed by atoms with Crippen LogP contribution < -0.4 is 20.9 Å². The van der Waals surface area contributed by atoms with Gasteiger partial charge in [-0.2, -0.15) is 0 Å². The number of rotatable bonds is 5. The van der Waals surface area contributed by atoms with Crippen molar-refractivity contribution in [1.29, 1.82) is 0 Å². The fraction of sp³-hybridized carbons (Fsp3) is 0.464. The zero-order chi connectivity index (χ0) is 25.7. The first-order valence-corrected chi connectivity index (χ1v) is 13.1. The number of amides is 1. The van der Waals surface area contributed by atoms with Crippen LogP contribution in [0.2, 0.25) is 0 Å². The molecule has 37 heavy (non-hydrogen) atoms. The molecule has 1 spiro atoms. The van der Waals surface area contributed by atoms with E-state index in [1.54, 1.807) is 6.92 Å². The normalized spacial score (nSPS) is 23.3. The minimum atomic E-state index is -0.620. The molecule has 1 saturated carbocycles. The quantitative estimate of drug-likeness (QED) is 0.570. The van der Waals surface area contributed by atoms with Gasteiger partial charge in [-0.3, -0.25) is 4.79 Å². The Morgan fingerprint density at radius 3 is 2.81 bits per heavy atom. The zero-order valence-electron chi connectivity index (χ0n) is 21.5. The molecule has 194 valence electrons. The molecule has 2 aromatic heterocycles. The van der Waals surface area contributed by atoms with E-state index in [2.05, 4.69) is 39.4 Å². The number of methoxy groups -OCH3 is 1. The predicted molar refractivity (Wildman–Crippen MR) is 139 cm³/mol. The van der Waals surface area contributed by atoms with Gasteiger partial charge in [-0.25, -0.2) is 14.4 Å². The summed E-state index contributed by atoms with van der Waals surface area (Å²) < 4.78 is 19.6. The van der Waals surface area contributed by atoms with E-state index in [9.17, 15) is 9.18 Å². The number of nitrogens with one attached hydrogen (secondary N) is 3. The van der Waals surface area contributed by atoms with Crippen molar-refractivity contribution in [3.63, 3.8) is 0 Å². The summed E-state index contributed by atoms with van der Waals surface area (Å²) in [5, 5.41) is 3.69. The Kier molecular flexibility index (Phi) is 5.81. The third-order valence-corrected chi connectivity index (χ3v) is 8.20. The lowest BCUT2D eigenvalue weighted by molar-refractivity contribution is -0.131. The third kappa shape index (κ3) is 4.40. The van der Waals surface area contributed by atoms with Gasteiger partial charge in [0, 0.05) is 47.6 Å². The molecule has 3 N–H and O–H groups in total. The van der Waals surface area contributed by atoms with Crippen LogP contribution in [0.3, 0.4) is 0 Å². The average molecular weight is 505 g/mol. The van der Waals surface area contributed by atoms with Crippen LogP contribution in [0.5, 0.6) is 5.88 Å². The monoisotopic (exact) mass is 504 g/mol. The Morgan fingerprint density at radius 2 is 2.08 bits per heavy atom. The second-order valence-electron chi connectivity index (χ2n) is 10.7. The highest BCUT2D eigenvalue weighted by Gasteiger charge is 2.43. The van der Waals surface area contributed by atoms with Crippen molar-refractivity contribution >= 4 is 17.4 Å². The highest BCUT2D eigenvalue weighted by Crippen LogP contribution is 2.39. The van der Waals surface area contributed by atoms with Crippen molar-refractivity contribution in [3.05, 3.63) is 64.4 Å². The van der Waals surface area contributed by atoms with Crippen LogP contribution in [0.1, 0.15) is 60.9 Å². The Morgan fingerprint density at radius 1 is 1.24 bits per heavy atom. The number of anilines is 1. The standard InChI is InChI=1S/C28H33FN6O2/c1-16(20-13-25(37-3)30-14-22(20)29)27(36)35-11-10-28(15-35)9-8-19-12-21(17(2)31-26(19)32-28)24-7-6-23(33-34-24)18-4-5-18/h6-7,12-14,16,18,33-34H,4-5,8-11,15H2,1-3H3,(H,31,32)/t16-,28+/m1/s1. The van der Waals surface area contributed by atoms with Crippen LogP contribution in [0.25, 0.3) is 5.70 Å². The smallest absolute Gasteiger partial charge is 0.230 e. The number of pyridine rings is 2. The van der Waals surface area contributed by atoms with E-state index in [0.29, 0.717) is 30.5 Å². The number of hydrazine groups is 1. The van der Waals surface area contributed by atoms with Gasteiger partial charge in [0.05, 0.1) is 30.5 Å². The minimum absolute atomic E-state index is 0.0856. The fourth-order valence-electron chi connectivity index (χ4n) is 5.74. The molecule has 0 bridgehead atoms. The molecular formula is C28H33FN6O2. The Bertz CT molecular complexity index is 1320. The number of allylic oxidation sites excluding steroid dienone is 3. The number of hydrogen-bond donors (Lipinski definition) is 3. The predicted octanol–water partition coefficient (Wildman–Crippen LogP) is 3.81. The highest BCUT2D eigenvalue weighted by atomic mass is 19.1. The van der Waals surface area contributed by atoms with Crippen LogP contribution in [0, 0.1) is 18.7 Å². The van der Waals surface area contributed by atoms with Gasteiger partial charge in [0.2, 0.25) is 11.8 Å². The molecule has 0 radical (unpaired) electrons. The summed E-state index contributed by atoms with van der Waals surface area (Å²) in [5.74, 6) is 0.671. The SMILES string of the molecule is COc1cc([C@@H](C)C(=O)N2CC[C@@]3(CCc4cc(C5=CC=C(C6CC6)NN5)c(C)nc4N3)C2)c(F)cn1.